The van der Waals surface area contributed by atoms with Gasteiger partial charge in [0.25, 0.3) is 0 Å². The summed E-state index contributed by atoms with van der Waals surface area (Å²) in [5.74, 6) is -0.630. The highest BCUT2D eigenvalue weighted by atomic mass is 16.4. The van der Waals surface area contributed by atoms with Gasteiger partial charge in [-0.2, -0.15) is 0 Å². The Labute approximate surface area is 97.2 Å². The number of piperidine rings is 1. The van der Waals surface area contributed by atoms with Crippen LogP contribution < -0.4 is 0 Å². The number of likely N-dealkylation sites (tertiary alicyclic amines) is 2. The fourth-order valence-electron chi connectivity index (χ4n) is 3.03. The molecule has 0 amide bonds. The zero-order chi connectivity index (χ0) is 11.5. The van der Waals surface area contributed by atoms with Gasteiger partial charge in [0.05, 0.1) is 0 Å². The molecule has 0 saturated carbocycles. The summed E-state index contributed by atoms with van der Waals surface area (Å²) in [6, 6.07) is 0.247. The minimum atomic E-state index is -0.630. The molecular formula is C12H22N2O2. The average molecular weight is 226 g/mol. The second kappa shape index (κ2) is 5.15. The van der Waals surface area contributed by atoms with E-state index in [1.807, 2.05) is 0 Å². The summed E-state index contributed by atoms with van der Waals surface area (Å²) in [4.78, 5) is 15.9. The highest BCUT2D eigenvalue weighted by molar-refractivity contribution is 5.73. The molecule has 2 heterocycles. The Hall–Kier alpha value is -0.610. The number of likely N-dealkylation sites (N-methyl/N-ethyl adjacent to an activating group) is 1. The topological polar surface area (TPSA) is 43.8 Å². The standard InChI is InChI=1S/C12H22N2O2/c1-2-13-8-6-10(9-13)14-7-4-3-5-11(14)12(15)16/h10-11H,2-9H2,1H3,(H,15,16). The number of hydrogen-bond acceptors (Lipinski definition) is 3. The number of carboxylic acids is 1. The lowest BCUT2D eigenvalue weighted by Crippen LogP contribution is -2.50. The first-order valence-corrected chi connectivity index (χ1v) is 6.43. The molecular weight excluding hydrogens is 204 g/mol. The van der Waals surface area contributed by atoms with Crippen molar-refractivity contribution in [3.8, 4) is 0 Å². The van der Waals surface area contributed by atoms with Crippen molar-refractivity contribution in [2.75, 3.05) is 26.2 Å². The Morgan fingerprint density at radius 2 is 2.12 bits per heavy atom. The third-order valence-electron chi connectivity index (χ3n) is 3.99. The van der Waals surface area contributed by atoms with Gasteiger partial charge in [-0.25, -0.2) is 0 Å². The van der Waals surface area contributed by atoms with Crippen LogP contribution in [0, 0.1) is 0 Å². The van der Waals surface area contributed by atoms with Gasteiger partial charge in [-0.1, -0.05) is 13.3 Å². The Balaban J connectivity index is 1.98. The molecule has 2 fully saturated rings. The summed E-state index contributed by atoms with van der Waals surface area (Å²) < 4.78 is 0. The first-order valence-electron chi connectivity index (χ1n) is 6.43. The second-order valence-corrected chi connectivity index (χ2v) is 4.92. The molecule has 2 saturated heterocycles. The van der Waals surface area contributed by atoms with Crippen LogP contribution in [-0.4, -0.2) is 59.1 Å². The van der Waals surface area contributed by atoms with Gasteiger partial charge in [0.15, 0.2) is 0 Å². The maximum absolute atomic E-state index is 11.2. The summed E-state index contributed by atoms with van der Waals surface area (Å²) >= 11 is 0. The van der Waals surface area contributed by atoms with Gasteiger partial charge >= 0.3 is 5.97 Å². The van der Waals surface area contributed by atoms with Crippen molar-refractivity contribution in [2.45, 2.75) is 44.7 Å². The minimum Gasteiger partial charge on any atom is -0.480 e. The lowest BCUT2D eigenvalue weighted by atomic mass is 9.99. The predicted molar refractivity (Wildman–Crippen MR) is 62.5 cm³/mol. The van der Waals surface area contributed by atoms with Crippen molar-refractivity contribution in [1.82, 2.24) is 9.80 Å². The minimum absolute atomic E-state index is 0.226. The number of aliphatic carboxylic acids is 1. The summed E-state index contributed by atoms with van der Waals surface area (Å²) in [5.41, 5.74) is 0. The van der Waals surface area contributed by atoms with Gasteiger partial charge in [-0.05, 0) is 38.9 Å². The fraction of sp³-hybridized carbons (Fsp3) is 0.917. The average Bonchev–Trinajstić information content (AvgIpc) is 2.77. The number of hydrogen-bond donors (Lipinski definition) is 1. The predicted octanol–water partition coefficient (Wildman–Crippen LogP) is 1.02. The van der Waals surface area contributed by atoms with Crippen molar-refractivity contribution in [2.24, 2.45) is 0 Å². The molecule has 2 aliphatic heterocycles. The van der Waals surface area contributed by atoms with Crippen molar-refractivity contribution >= 4 is 5.97 Å². The second-order valence-electron chi connectivity index (χ2n) is 4.92. The number of nitrogens with zero attached hydrogens (tertiary/aromatic N) is 2. The quantitative estimate of drug-likeness (QED) is 0.780. The molecule has 0 bridgehead atoms. The van der Waals surface area contributed by atoms with Gasteiger partial charge in [-0.15, -0.1) is 0 Å². The van der Waals surface area contributed by atoms with Crippen LogP contribution in [-0.2, 0) is 4.79 Å². The SMILES string of the molecule is CCN1CCC(N2CCCCC2C(=O)O)C1. The molecule has 0 aliphatic carbocycles. The molecule has 2 rings (SSSR count). The summed E-state index contributed by atoms with van der Waals surface area (Å²) in [5, 5.41) is 9.24. The summed E-state index contributed by atoms with van der Waals surface area (Å²) in [6.45, 7) is 6.42. The van der Waals surface area contributed by atoms with Crippen LogP contribution in [0.2, 0.25) is 0 Å². The largest absolute Gasteiger partial charge is 0.480 e. The highest BCUT2D eigenvalue weighted by Crippen LogP contribution is 2.24. The van der Waals surface area contributed by atoms with E-state index < -0.39 is 5.97 Å². The normalized spacial score (nSPS) is 33.1. The first-order chi connectivity index (χ1) is 7.72. The highest BCUT2D eigenvalue weighted by Gasteiger charge is 2.36. The van der Waals surface area contributed by atoms with E-state index in [0.717, 1.165) is 51.9 Å². The van der Waals surface area contributed by atoms with Gasteiger partial charge in [0.1, 0.15) is 6.04 Å². The molecule has 0 spiro atoms. The molecule has 4 heteroatoms. The van der Waals surface area contributed by atoms with E-state index in [0.29, 0.717) is 6.04 Å². The molecule has 0 radical (unpaired) electrons. The summed E-state index contributed by atoms with van der Waals surface area (Å²) in [6.07, 6.45) is 4.19. The fourth-order valence-corrected chi connectivity index (χ4v) is 3.03. The lowest BCUT2D eigenvalue weighted by molar-refractivity contribution is -0.145. The lowest BCUT2D eigenvalue weighted by Gasteiger charge is -2.37. The van der Waals surface area contributed by atoms with Gasteiger partial charge < -0.3 is 10.0 Å². The van der Waals surface area contributed by atoms with E-state index in [9.17, 15) is 9.90 Å². The van der Waals surface area contributed by atoms with Crippen molar-refractivity contribution in [3.63, 3.8) is 0 Å². The Morgan fingerprint density at radius 1 is 1.31 bits per heavy atom. The van der Waals surface area contributed by atoms with Crippen LogP contribution in [0.25, 0.3) is 0 Å². The zero-order valence-corrected chi connectivity index (χ0v) is 10.1. The maximum atomic E-state index is 11.2. The van der Waals surface area contributed by atoms with Crippen LogP contribution >= 0.6 is 0 Å². The monoisotopic (exact) mass is 226 g/mol. The van der Waals surface area contributed by atoms with Gasteiger partial charge in [0, 0.05) is 12.6 Å². The van der Waals surface area contributed by atoms with E-state index in [1.54, 1.807) is 0 Å². The number of carbonyl (C=O) groups is 1. The van der Waals surface area contributed by atoms with E-state index in [2.05, 4.69) is 16.7 Å². The molecule has 0 aromatic rings. The molecule has 2 unspecified atom stereocenters. The zero-order valence-electron chi connectivity index (χ0n) is 10.1. The van der Waals surface area contributed by atoms with E-state index >= 15 is 0 Å². The van der Waals surface area contributed by atoms with Crippen LogP contribution in [0.3, 0.4) is 0 Å². The van der Waals surface area contributed by atoms with E-state index in [-0.39, 0.29) is 6.04 Å². The first kappa shape index (κ1) is 11.9. The molecule has 92 valence electrons. The maximum Gasteiger partial charge on any atom is 0.320 e. The van der Waals surface area contributed by atoms with Gasteiger partial charge in [-0.3, -0.25) is 9.69 Å². The van der Waals surface area contributed by atoms with Crippen molar-refractivity contribution < 1.29 is 9.90 Å². The molecule has 2 atom stereocenters. The Morgan fingerprint density at radius 3 is 2.75 bits per heavy atom. The van der Waals surface area contributed by atoms with Crippen LogP contribution in [0.1, 0.15) is 32.6 Å². The van der Waals surface area contributed by atoms with Crippen molar-refractivity contribution in [3.05, 3.63) is 0 Å². The molecule has 2 aliphatic rings. The smallest absolute Gasteiger partial charge is 0.320 e. The molecule has 4 nitrogen and oxygen atoms in total. The van der Waals surface area contributed by atoms with Crippen molar-refractivity contribution in [1.29, 1.82) is 0 Å². The van der Waals surface area contributed by atoms with Crippen LogP contribution in [0.4, 0.5) is 0 Å². The molecule has 0 aromatic carbocycles. The van der Waals surface area contributed by atoms with Crippen LogP contribution in [0.15, 0.2) is 0 Å². The molecule has 0 aromatic heterocycles. The van der Waals surface area contributed by atoms with E-state index in [1.165, 1.54) is 0 Å². The third-order valence-corrected chi connectivity index (χ3v) is 3.99. The molecule has 16 heavy (non-hydrogen) atoms. The number of rotatable bonds is 3. The van der Waals surface area contributed by atoms with Gasteiger partial charge in [0.2, 0.25) is 0 Å². The van der Waals surface area contributed by atoms with E-state index in [4.69, 9.17) is 0 Å². The molecule has 1 N–H and O–H groups in total. The third kappa shape index (κ3) is 2.38. The number of carboxylic acid groups (broad SMARTS) is 1. The Kier molecular flexibility index (Phi) is 3.82. The Bertz CT molecular complexity index is 257. The summed E-state index contributed by atoms with van der Waals surface area (Å²) in [7, 11) is 0. The van der Waals surface area contributed by atoms with Crippen LogP contribution in [0.5, 0.6) is 0 Å².